The van der Waals surface area contributed by atoms with E-state index in [0.717, 1.165) is 0 Å². The molecule has 0 aromatic heterocycles. The van der Waals surface area contributed by atoms with Crippen molar-refractivity contribution in [3.63, 3.8) is 0 Å². The van der Waals surface area contributed by atoms with Gasteiger partial charge in [-0.3, -0.25) is 5.43 Å². The molecule has 1 atom stereocenters. The molecule has 0 aromatic rings. The van der Waals surface area contributed by atoms with Crippen LogP contribution in [0.5, 0.6) is 0 Å². The van der Waals surface area contributed by atoms with E-state index in [-0.39, 0.29) is 6.23 Å². The van der Waals surface area contributed by atoms with E-state index in [1.54, 1.807) is 0 Å². The highest BCUT2D eigenvalue weighted by Crippen LogP contribution is 1.94. The van der Waals surface area contributed by atoms with Gasteiger partial charge in [0.05, 0.1) is 0 Å². The van der Waals surface area contributed by atoms with Crippen molar-refractivity contribution in [1.29, 1.82) is 0 Å². The van der Waals surface area contributed by atoms with Crippen LogP contribution in [-0.4, -0.2) is 12.1 Å². The number of hydrogen-bond donors (Lipinski definition) is 1. The van der Waals surface area contributed by atoms with Crippen molar-refractivity contribution in [3.8, 4) is 0 Å². The molecule has 40 valence electrons. The molecule has 7 heavy (non-hydrogen) atoms. The summed E-state index contributed by atoms with van der Waals surface area (Å²) in [4.78, 5) is 0. The Morgan fingerprint density at radius 2 is 2.57 bits per heavy atom. The standard InChI is InChI=1S/C4H8N2O/c1-3-5-6-4(2)7-3/h3,5H,1-2H3. The van der Waals surface area contributed by atoms with E-state index in [0.29, 0.717) is 5.90 Å². The lowest BCUT2D eigenvalue weighted by atomic mass is 10.7. The first-order valence-corrected chi connectivity index (χ1v) is 2.25. The normalized spacial score (nSPS) is 28.3. The summed E-state index contributed by atoms with van der Waals surface area (Å²) in [5.41, 5.74) is 2.73. The smallest absolute Gasteiger partial charge is 0.204 e. The first kappa shape index (κ1) is 4.43. The molecule has 0 aromatic carbocycles. The van der Waals surface area contributed by atoms with E-state index in [1.807, 2.05) is 13.8 Å². The summed E-state index contributed by atoms with van der Waals surface area (Å²) in [5, 5.41) is 3.76. The molecule has 1 heterocycles. The van der Waals surface area contributed by atoms with Crippen molar-refractivity contribution in [2.45, 2.75) is 20.1 Å². The molecule has 0 fully saturated rings. The zero-order valence-corrected chi connectivity index (χ0v) is 4.43. The van der Waals surface area contributed by atoms with Crippen molar-refractivity contribution in [3.05, 3.63) is 0 Å². The zero-order chi connectivity index (χ0) is 5.28. The summed E-state index contributed by atoms with van der Waals surface area (Å²) in [5.74, 6) is 0.715. The summed E-state index contributed by atoms with van der Waals surface area (Å²) < 4.78 is 5.00. The third kappa shape index (κ3) is 0.824. The second-order valence-electron chi connectivity index (χ2n) is 1.52. The predicted octanol–water partition coefficient (Wildman–Crippen LogP) is 0.286. The summed E-state index contributed by atoms with van der Waals surface area (Å²) in [6, 6.07) is 0. The Morgan fingerprint density at radius 3 is 2.71 bits per heavy atom. The number of hydrogen-bond acceptors (Lipinski definition) is 3. The molecule has 0 amide bonds. The fourth-order valence-electron chi connectivity index (χ4n) is 0.490. The van der Waals surface area contributed by atoms with Crippen LogP contribution >= 0.6 is 0 Å². The van der Waals surface area contributed by atoms with Gasteiger partial charge in [0.2, 0.25) is 5.90 Å². The number of ether oxygens (including phenoxy) is 1. The quantitative estimate of drug-likeness (QED) is 0.474. The molecule has 0 bridgehead atoms. The maximum atomic E-state index is 5.00. The molecule has 0 saturated heterocycles. The highest BCUT2D eigenvalue weighted by molar-refractivity contribution is 5.73. The zero-order valence-electron chi connectivity index (χ0n) is 4.43. The SMILES string of the molecule is CC1=NNC(C)O1. The van der Waals surface area contributed by atoms with Crippen LogP contribution in [0.4, 0.5) is 0 Å². The molecule has 3 nitrogen and oxygen atoms in total. The van der Waals surface area contributed by atoms with Crippen LogP contribution in [-0.2, 0) is 4.74 Å². The average Bonchev–Trinajstić information content (AvgIpc) is 1.87. The first-order valence-electron chi connectivity index (χ1n) is 2.25. The average molecular weight is 100 g/mol. The predicted molar refractivity (Wildman–Crippen MR) is 26.8 cm³/mol. The molecule has 0 aliphatic carbocycles. The molecule has 0 spiro atoms. The van der Waals surface area contributed by atoms with Crippen LogP contribution in [0.25, 0.3) is 0 Å². The summed E-state index contributed by atoms with van der Waals surface area (Å²) >= 11 is 0. The molecule has 3 heteroatoms. The highest BCUT2D eigenvalue weighted by atomic mass is 16.5. The Hall–Kier alpha value is -0.730. The topological polar surface area (TPSA) is 33.6 Å². The molecular formula is C4H8N2O. The highest BCUT2D eigenvalue weighted by Gasteiger charge is 2.07. The molecule has 1 unspecified atom stereocenters. The van der Waals surface area contributed by atoms with Gasteiger partial charge >= 0.3 is 0 Å². The van der Waals surface area contributed by atoms with Crippen molar-refractivity contribution in [1.82, 2.24) is 5.43 Å². The first-order chi connectivity index (χ1) is 3.29. The van der Waals surface area contributed by atoms with Gasteiger partial charge in [-0.05, 0) is 6.92 Å². The van der Waals surface area contributed by atoms with Crippen LogP contribution in [0.2, 0.25) is 0 Å². The molecule has 1 rings (SSSR count). The minimum absolute atomic E-state index is 0.0694. The van der Waals surface area contributed by atoms with Gasteiger partial charge in [-0.1, -0.05) is 0 Å². The van der Waals surface area contributed by atoms with Crippen LogP contribution in [0.3, 0.4) is 0 Å². The summed E-state index contributed by atoms with van der Waals surface area (Å²) in [6.07, 6.45) is 0.0694. The number of rotatable bonds is 0. The van der Waals surface area contributed by atoms with Crippen LogP contribution in [0.15, 0.2) is 5.10 Å². The minimum Gasteiger partial charge on any atom is -0.455 e. The molecule has 0 radical (unpaired) electrons. The van der Waals surface area contributed by atoms with Gasteiger partial charge in [0.15, 0.2) is 6.23 Å². The van der Waals surface area contributed by atoms with Crippen LogP contribution in [0, 0.1) is 0 Å². The third-order valence-corrected chi connectivity index (χ3v) is 0.751. The van der Waals surface area contributed by atoms with Gasteiger partial charge in [-0.15, -0.1) is 5.10 Å². The van der Waals surface area contributed by atoms with Crippen molar-refractivity contribution >= 4 is 5.90 Å². The fourth-order valence-corrected chi connectivity index (χ4v) is 0.490. The van der Waals surface area contributed by atoms with E-state index in [4.69, 9.17) is 4.74 Å². The van der Waals surface area contributed by atoms with Crippen molar-refractivity contribution < 1.29 is 4.74 Å². The number of nitrogens with one attached hydrogen (secondary N) is 1. The van der Waals surface area contributed by atoms with E-state index < -0.39 is 0 Å². The van der Waals surface area contributed by atoms with Crippen molar-refractivity contribution in [2.75, 3.05) is 0 Å². The van der Waals surface area contributed by atoms with Crippen LogP contribution < -0.4 is 5.43 Å². The molecule has 0 saturated carbocycles. The van der Waals surface area contributed by atoms with Gasteiger partial charge in [-0.2, -0.15) is 0 Å². The third-order valence-electron chi connectivity index (χ3n) is 0.751. The molecule has 1 N–H and O–H groups in total. The van der Waals surface area contributed by atoms with Gasteiger partial charge < -0.3 is 4.74 Å². The van der Waals surface area contributed by atoms with Gasteiger partial charge in [0.25, 0.3) is 0 Å². The second kappa shape index (κ2) is 1.40. The largest absolute Gasteiger partial charge is 0.455 e. The Kier molecular flexibility index (Phi) is 0.889. The molecule has 1 aliphatic heterocycles. The monoisotopic (exact) mass is 100 g/mol. The van der Waals surface area contributed by atoms with Gasteiger partial charge in [-0.25, -0.2) is 0 Å². The van der Waals surface area contributed by atoms with E-state index in [1.165, 1.54) is 0 Å². The van der Waals surface area contributed by atoms with Crippen LogP contribution in [0.1, 0.15) is 13.8 Å². The van der Waals surface area contributed by atoms with E-state index in [9.17, 15) is 0 Å². The van der Waals surface area contributed by atoms with Gasteiger partial charge in [0.1, 0.15) is 0 Å². The summed E-state index contributed by atoms with van der Waals surface area (Å²) in [7, 11) is 0. The van der Waals surface area contributed by atoms with E-state index in [2.05, 4.69) is 10.5 Å². The maximum absolute atomic E-state index is 5.00. The maximum Gasteiger partial charge on any atom is 0.204 e. The summed E-state index contributed by atoms with van der Waals surface area (Å²) in [6.45, 7) is 3.72. The Bertz CT molecular complexity index is 99.9. The molecule has 1 aliphatic rings. The lowest BCUT2D eigenvalue weighted by Gasteiger charge is -1.99. The minimum atomic E-state index is 0.0694. The van der Waals surface area contributed by atoms with Crippen molar-refractivity contribution in [2.24, 2.45) is 5.10 Å². The van der Waals surface area contributed by atoms with E-state index >= 15 is 0 Å². The number of hydrazone groups is 1. The number of nitrogens with zero attached hydrogens (tertiary/aromatic N) is 1. The Morgan fingerprint density at radius 1 is 1.86 bits per heavy atom. The fraction of sp³-hybridized carbons (Fsp3) is 0.750. The second-order valence-corrected chi connectivity index (χ2v) is 1.52. The Labute approximate surface area is 42.4 Å². The molecular weight excluding hydrogens is 92.1 g/mol. The van der Waals surface area contributed by atoms with Gasteiger partial charge in [0, 0.05) is 6.92 Å². The lowest BCUT2D eigenvalue weighted by Crippen LogP contribution is -2.15. The lowest BCUT2D eigenvalue weighted by molar-refractivity contribution is 0.207. The Balaban J connectivity index is 2.42.